The fourth-order valence-corrected chi connectivity index (χ4v) is 4.77. The monoisotopic (exact) mass is 463 g/mol. The fourth-order valence-electron chi connectivity index (χ4n) is 3.57. The summed E-state index contributed by atoms with van der Waals surface area (Å²) in [7, 11) is -2.67. The molecule has 0 fully saturated rings. The zero-order valence-electron chi connectivity index (χ0n) is 18.9. The van der Waals surface area contributed by atoms with Gasteiger partial charge >= 0.3 is 0 Å². The molecule has 2 aromatic carbocycles. The van der Waals surface area contributed by atoms with Gasteiger partial charge in [-0.2, -0.15) is 0 Å². The van der Waals surface area contributed by atoms with Gasteiger partial charge in [0.15, 0.2) is 0 Å². The number of methoxy groups -OCH3 is 1. The average Bonchev–Trinajstić information content (AvgIpc) is 2.70. The zero-order valence-corrected chi connectivity index (χ0v) is 19.7. The van der Waals surface area contributed by atoms with E-state index in [-0.39, 0.29) is 23.5 Å². The first kappa shape index (κ1) is 25.1. The van der Waals surface area contributed by atoms with E-state index in [1.54, 1.807) is 6.92 Å². The van der Waals surface area contributed by atoms with Crippen molar-refractivity contribution in [2.45, 2.75) is 45.2 Å². The predicted octanol–water partition coefficient (Wildman–Crippen LogP) is 3.29. The summed E-state index contributed by atoms with van der Waals surface area (Å²) >= 11 is 0. The van der Waals surface area contributed by atoms with Crippen molar-refractivity contribution >= 4 is 27.3 Å². The van der Waals surface area contributed by atoms with Gasteiger partial charge in [-0.3, -0.25) is 19.2 Å². The highest BCUT2D eigenvalue weighted by Crippen LogP contribution is 2.35. The van der Waals surface area contributed by atoms with Crippen LogP contribution < -0.4 is 14.4 Å². The van der Waals surface area contributed by atoms with Crippen molar-refractivity contribution in [2.75, 3.05) is 17.7 Å². The molecular formula is C22H29N3O6S. The molecule has 1 unspecified atom stereocenters. The van der Waals surface area contributed by atoms with E-state index >= 15 is 0 Å². The number of non-ortho nitro benzene ring substituents is 1. The maximum Gasteiger partial charge on any atom is 0.271 e. The number of hydrogen-bond acceptors (Lipinski definition) is 6. The van der Waals surface area contributed by atoms with Gasteiger partial charge in [0.05, 0.1) is 18.3 Å². The van der Waals surface area contributed by atoms with Gasteiger partial charge in [0.1, 0.15) is 17.5 Å². The largest absolute Gasteiger partial charge is 0.495 e. The molecule has 0 aliphatic rings. The van der Waals surface area contributed by atoms with Gasteiger partial charge in [-0.1, -0.05) is 37.3 Å². The molecule has 1 amide bonds. The van der Waals surface area contributed by atoms with Crippen LogP contribution in [0, 0.1) is 10.1 Å². The second kappa shape index (κ2) is 9.99. The lowest BCUT2D eigenvalue weighted by Gasteiger charge is -2.34. The molecule has 0 aliphatic heterocycles. The number of nitro benzene ring substituents is 1. The minimum absolute atomic E-state index is 0.0629. The van der Waals surface area contributed by atoms with Gasteiger partial charge in [0.2, 0.25) is 15.9 Å². The van der Waals surface area contributed by atoms with Crippen LogP contribution in [0.5, 0.6) is 5.75 Å². The first-order chi connectivity index (χ1) is 14.9. The van der Waals surface area contributed by atoms with E-state index in [0.29, 0.717) is 6.42 Å². The number of ether oxygens (including phenoxy) is 1. The molecule has 2 aromatic rings. The standard InChI is InChI=1S/C22H29N3O6S/c1-6-18(21(26)23-22(2,3)15-16-10-8-7-9-11-16)24(32(5,29)30)19-14-17(25(27)28)12-13-20(19)31-4/h7-14,18H,6,15H2,1-5H3,(H,23,26). The third-order valence-electron chi connectivity index (χ3n) is 4.89. The summed E-state index contributed by atoms with van der Waals surface area (Å²) in [5.41, 5.74) is -0.0192. The van der Waals surface area contributed by atoms with Crippen LogP contribution >= 0.6 is 0 Å². The number of anilines is 1. The topological polar surface area (TPSA) is 119 Å². The van der Waals surface area contributed by atoms with Crippen LogP contribution in [0.4, 0.5) is 11.4 Å². The number of benzene rings is 2. The third kappa shape index (κ3) is 6.19. The Hall–Kier alpha value is -3.14. The van der Waals surface area contributed by atoms with Crippen molar-refractivity contribution in [2.24, 2.45) is 0 Å². The second-order valence-corrected chi connectivity index (χ2v) is 9.99. The summed E-state index contributed by atoms with van der Waals surface area (Å²) in [6.07, 6.45) is 1.64. The van der Waals surface area contributed by atoms with Crippen LogP contribution in [0.25, 0.3) is 0 Å². The Balaban J connectivity index is 2.45. The molecule has 32 heavy (non-hydrogen) atoms. The lowest BCUT2D eigenvalue weighted by atomic mass is 9.94. The van der Waals surface area contributed by atoms with Crippen LogP contribution in [-0.2, 0) is 21.2 Å². The van der Waals surface area contributed by atoms with Gasteiger partial charge < -0.3 is 10.1 Å². The molecule has 10 heteroatoms. The molecule has 0 aromatic heterocycles. The maximum atomic E-state index is 13.3. The van der Waals surface area contributed by atoms with Gasteiger partial charge in [0.25, 0.3) is 5.69 Å². The van der Waals surface area contributed by atoms with E-state index < -0.39 is 32.4 Å². The minimum Gasteiger partial charge on any atom is -0.495 e. The second-order valence-electron chi connectivity index (χ2n) is 8.13. The summed E-state index contributed by atoms with van der Waals surface area (Å²) in [6, 6.07) is 12.1. The lowest BCUT2D eigenvalue weighted by molar-refractivity contribution is -0.384. The Labute approximate surface area is 188 Å². The molecule has 0 bridgehead atoms. The Morgan fingerprint density at radius 1 is 1.22 bits per heavy atom. The lowest BCUT2D eigenvalue weighted by Crippen LogP contribution is -2.55. The number of carbonyl (C=O) groups excluding carboxylic acids is 1. The van der Waals surface area contributed by atoms with Crippen LogP contribution in [-0.4, -0.2) is 44.2 Å². The molecule has 0 saturated carbocycles. The SMILES string of the molecule is CCC(C(=O)NC(C)(C)Cc1ccccc1)N(c1cc([N+](=O)[O-])ccc1OC)S(C)(=O)=O. The molecule has 1 N–H and O–H groups in total. The Kier molecular flexibility index (Phi) is 7.84. The predicted molar refractivity (Wildman–Crippen MR) is 123 cm³/mol. The van der Waals surface area contributed by atoms with Crippen LogP contribution in [0.2, 0.25) is 0 Å². The number of nitrogens with one attached hydrogen (secondary N) is 1. The minimum atomic E-state index is -3.99. The fraction of sp³-hybridized carbons (Fsp3) is 0.409. The number of rotatable bonds is 10. The van der Waals surface area contributed by atoms with E-state index in [4.69, 9.17) is 4.74 Å². The molecule has 1 atom stereocenters. The number of nitro groups is 1. The van der Waals surface area contributed by atoms with Gasteiger partial charge in [0, 0.05) is 17.7 Å². The Morgan fingerprint density at radius 3 is 2.34 bits per heavy atom. The first-order valence-electron chi connectivity index (χ1n) is 10.1. The summed E-state index contributed by atoms with van der Waals surface area (Å²) in [5.74, 6) is -0.400. The number of amides is 1. The number of nitrogens with zero attached hydrogens (tertiary/aromatic N) is 2. The molecule has 9 nitrogen and oxygen atoms in total. The van der Waals surface area contributed by atoms with Crippen molar-refractivity contribution in [1.82, 2.24) is 5.32 Å². The van der Waals surface area contributed by atoms with Crippen molar-refractivity contribution in [3.63, 3.8) is 0 Å². The van der Waals surface area contributed by atoms with E-state index in [0.717, 1.165) is 22.2 Å². The normalized spacial score (nSPS) is 12.7. The van der Waals surface area contributed by atoms with Crippen molar-refractivity contribution in [1.29, 1.82) is 0 Å². The Morgan fingerprint density at radius 2 is 1.84 bits per heavy atom. The van der Waals surface area contributed by atoms with Crippen LogP contribution in [0.1, 0.15) is 32.8 Å². The molecule has 2 rings (SSSR count). The average molecular weight is 464 g/mol. The summed E-state index contributed by atoms with van der Waals surface area (Å²) in [5, 5.41) is 14.2. The summed E-state index contributed by atoms with van der Waals surface area (Å²) in [4.78, 5) is 23.9. The molecular weight excluding hydrogens is 434 g/mol. The van der Waals surface area contributed by atoms with Crippen molar-refractivity contribution in [3.05, 3.63) is 64.2 Å². The van der Waals surface area contributed by atoms with Gasteiger partial charge in [-0.05, 0) is 38.3 Å². The van der Waals surface area contributed by atoms with Gasteiger partial charge in [-0.15, -0.1) is 0 Å². The van der Waals surface area contributed by atoms with Crippen molar-refractivity contribution < 1.29 is 22.9 Å². The summed E-state index contributed by atoms with van der Waals surface area (Å²) < 4.78 is 31.7. The summed E-state index contributed by atoms with van der Waals surface area (Å²) in [6.45, 7) is 5.38. The molecule has 0 heterocycles. The molecule has 0 radical (unpaired) electrons. The smallest absolute Gasteiger partial charge is 0.271 e. The van der Waals surface area contributed by atoms with E-state index in [9.17, 15) is 23.3 Å². The highest BCUT2D eigenvalue weighted by atomic mass is 32.2. The Bertz CT molecular complexity index is 1070. The molecule has 174 valence electrons. The quantitative estimate of drug-likeness (QED) is 0.427. The molecule has 0 saturated heterocycles. The highest BCUT2D eigenvalue weighted by Gasteiger charge is 2.36. The molecule has 0 spiro atoms. The van der Waals surface area contributed by atoms with Crippen LogP contribution in [0.3, 0.4) is 0 Å². The molecule has 0 aliphatic carbocycles. The number of carbonyl (C=O) groups is 1. The third-order valence-corrected chi connectivity index (χ3v) is 6.06. The zero-order chi connectivity index (χ0) is 24.1. The van der Waals surface area contributed by atoms with E-state index in [1.807, 2.05) is 44.2 Å². The number of hydrogen-bond donors (Lipinski definition) is 1. The van der Waals surface area contributed by atoms with Gasteiger partial charge in [-0.25, -0.2) is 8.42 Å². The van der Waals surface area contributed by atoms with Crippen molar-refractivity contribution in [3.8, 4) is 5.75 Å². The highest BCUT2D eigenvalue weighted by molar-refractivity contribution is 7.92. The van der Waals surface area contributed by atoms with Crippen LogP contribution in [0.15, 0.2) is 48.5 Å². The number of sulfonamides is 1. The van der Waals surface area contributed by atoms with E-state index in [1.165, 1.54) is 19.2 Å². The first-order valence-corrected chi connectivity index (χ1v) is 11.9. The maximum absolute atomic E-state index is 13.3. The van der Waals surface area contributed by atoms with E-state index in [2.05, 4.69) is 5.32 Å².